The van der Waals surface area contributed by atoms with Gasteiger partial charge in [0.25, 0.3) is 15.9 Å². The molecule has 3 aromatic rings. The standard InChI is InChI=1S/C13H13N7O3S/c1-7-3-4-15-8(5-7)18-13-11-9(16-6-17-13)10(12(14)21)19-20(11)24(2,22)23/h3-6H,1-2H3,(H2,14,21)(H,15,16,17,18). The lowest BCUT2D eigenvalue weighted by atomic mass is 10.3. The lowest BCUT2D eigenvalue weighted by Gasteiger charge is -2.07. The molecule has 3 N–H and O–H groups in total. The molecule has 11 heteroatoms. The number of nitrogens with two attached hydrogens (primary N) is 1. The zero-order valence-electron chi connectivity index (χ0n) is 12.8. The number of fused-ring (bicyclic) bond motifs is 1. The highest BCUT2D eigenvalue weighted by atomic mass is 32.2. The number of primary amides is 1. The predicted molar refractivity (Wildman–Crippen MR) is 86.3 cm³/mol. The largest absolute Gasteiger partial charge is 0.364 e. The van der Waals surface area contributed by atoms with E-state index in [0.717, 1.165) is 11.8 Å². The van der Waals surface area contributed by atoms with Crippen molar-refractivity contribution in [3.63, 3.8) is 0 Å². The van der Waals surface area contributed by atoms with Gasteiger partial charge in [-0.15, -0.1) is 5.10 Å². The van der Waals surface area contributed by atoms with Crippen LogP contribution >= 0.6 is 0 Å². The van der Waals surface area contributed by atoms with Gasteiger partial charge in [0.15, 0.2) is 11.5 Å². The fourth-order valence-electron chi connectivity index (χ4n) is 2.14. The van der Waals surface area contributed by atoms with Crippen molar-refractivity contribution in [2.45, 2.75) is 6.92 Å². The van der Waals surface area contributed by atoms with Gasteiger partial charge >= 0.3 is 0 Å². The van der Waals surface area contributed by atoms with Crippen LogP contribution in [-0.4, -0.2) is 44.7 Å². The number of nitrogens with zero attached hydrogens (tertiary/aromatic N) is 5. The number of hydrogen-bond donors (Lipinski definition) is 2. The number of anilines is 2. The van der Waals surface area contributed by atoms with Crippen LogP contribution in [0.1, 0.15) is 16.1 Å². The molecule has 0 aliphatic rings. The van der Waals surface area contributed by atoms with Crippen molar-refractivity contribution in [1.82, 2.24) is 24.1 Å². The van der Waals surface area contributed by atoms with Crippen molar-refractivity contribution >= 4 is 38.6 Å². The molecule has 0 bridgehead atoms. The zero-order chi connectivity index (χ0) is 17.5. The van der Waals surface area contributed by atoms with E-state index < -0.39 is 15.9 Å². The van der Waals surface area contributed by atoms with E-state index in [4.69, 9.17) is 5.73 Å². The van der Waals surface area contributed by atoms with Gasteiger partial charge in [-0.3, -0.25) is 4.79 Å². The third-order valence-corrected chi connectivity index (χ3v) is 4.03. The van der Waals surface area contributed by atoms with Crippen LogP contribution in [0.5, 0.6) is 0 Å². The summed E-state index contributed by atoms with van der Waals surface area (Å²) in [5.41, 5.74) is 6.02. The van der Waals surface area contributed by atoms with Gasteiger partial charge < -0.3 is 11.1 Å². The van der Waals surface area contributed by atoms with Gasteiger partial charge in [-0.1, -0.05) is 0 Å². The van der Waals surface area contributed by atoms with Crippen LogP contribution in [0.2, 0.25) is 0 Å². The van der Waals surface area contributed by atoms with Crippen LogP contribution in [-0.2, 0) is 10.0 Å². The summed E-state index contributed by atoms with van der Waals surface area (Å²) >= 11 is 0. The SMILES string of the molecule is Cc1ccnc(Nc2ncnc3c(C(N)=O)nn(S(C)(=O)=O)c23)c1. The smallest absolute Gasteiger partial charge is 0.271 e. The van der Waals surface area contributed by atoms with Crippen molar-refractivity contribution in [2.75, 3.05) is 11.6 Å². The van der Waals surface area contributed by atoms with Crippen LogP contribution in [0.25, 0.3) is 11.0 Å². The summed E-state index contributed by atoms with van der Waals surface area (Å²) in [6.07, 6.45) is 3.73. The normalized spacial score (nSPS) is 11.6. The Labute approximate surface area is 136 Å². The molecule has 0 unspecified atom stereocenters. The second-order valence-corrected chi connectivity index (χ2v) is 6.89. The molecule has 10 nitrogen and oxygen atoms in total. The number of hydrogen-bond acceptors (Lipinski definition) is 8. The lowest BCUT2D eigenvalue weighted by Crippen LogP contribution is -2.16. The number of carbonyl (C=O) groups is 1. The molecule has 3 heterocycles. The average Bonchev–Trinajstić information content (AvgIpc) is 2.88. The Balaban J connectivity index is 2.27. The molecule has 0 saturated carbocycles. The van der Waals surface area contributed by atoms with Crippen LogP contribution < -0.4 is 11.1 Å². The van der Waals surface area contributed by atoms with Crippen molar-refractivity contribution in [3.05, 3.63) is 35.9 Å². The third kappa shape index (κ3) is 2.76. The topological polar surface area (TPSA) is 146 Å². The summed E-state index contributed by atoms with van der Waals surface area (Å²) in [5.74, 6) is -0.291. The monoisotopic (exact) mass is 347 g/mol. The molecule has 3 rings (SSSR count). The molecule has 0 fully saturated rings. The number of nitrogens with one attached hydrogen (secondary N) is 1. The number of rotatable bonds is 4. The summed E-state index contributed by atoms with van der Waals surface area (Å²) in [6.45, 7) is 1.88. The summed E-state index contributed by atoms with van der Waals surface area (Å²) in [7, 11) is -3.81. The maximum absolute atomic E-state index is 12.0. The van der Waals surface area contributed by atoms with Crippen molar-refractivity contribution in [3.8, 4) is 0 Å². The Bertz CT molecular complexity index is 1060. The van der Waals surface area contributed by atoms with E-state index in [-0.39, 0.29) is 22.5 Å². The quantitative estimate of drug-likeness (QED) is 0.679. The highest BCUT2D eigenvalue weighted by Crippen LogP contribution is 2.25. The van der Waals surface area contributed by atoms with Gasteiger partial charge in [0.1, 0.15) is 23.2 Å². The highest BCUT2D eigenvalue weighted by Gasteiger charge is 2.24. The molecule has 3 aromatic heterocycles. The third-order valence-electron chi connectivity index (χ3n) is 3.14. The molecule has 0 atom stereocenters. The van der Waals surface area contributed by atoms with Crippen molar-refractivity contribution in [2.24, 2.45) is 5.73 Å². The van der Waals surface area contributed by atoms with E-state index >= 15 is 0 Å². The minimum atomic E-state index is -3.81. The molecule has 0 aliphatic heterocycles. The van der Waals surface area contributed by atoms with Gasteiger partial charge in [-0.05, 0) is 24.6 Å². The van der Waals surface area contributed by atoms with E-state index in [1.165, 1.54) is 6.33 Å². The second-order valence-electron chi connectivity index (χ2n) is 5.08. The minimum absolute atomic E-state index is 0.0251. The van der Waals surface area contributed by atoms with Crippen molar-refractivity contribution < 1.29 is 13.2 Å². The maximum Gasteiger partial charge on any atom is 0.271 e. The molecule has 0 aliphatic carbocycles. The summed E-state index contributed by atoms with van der Waals surface area (Å²) in [4.78, 5) is 23.6. The molecule has 24 heavy (non-hydrogen) atoms. The molecular formula is C13H13N7O3S. The van der Waals surface area contributed by atoms with E-state index in [9.17, 15) is 13.2 Å². The molecule has 0 radical (unpaired) electrons. The fraction of sp³-hybridized carbons (Fsp3) is 0.154. The van der Waals surface area contributed by atoms with Crippen molar-refractivity contribution in [1.29, 1.82) is 0 Å². The van der Waals surface area contributed by atoms with E-state index in [2.05, 4.69) is 25.4 Å². The van der Waals surface area contributed by atoms with Crippen LogP contribution in [0, 0.1) is 6.92 Å². The number of amides is 1. The predicted octanol–water partition coefficient (Wildman–Crippen LogP) is 0.180. The number of carbonyl (C=O) groups excluding carboxylic acids is 1. The lowest BCUT2D eigenvalue weighted by molar-refractivity contribution is 0.0996. The first kappa shape index (κ1) is 15.8. The van der Waals surface area contributed by atoms with Gasteiger partial charge in [-0.25, -0.2) is 23.4 Å². The average molecular weight is 347 g/mol. The Morgan fingerprint density at radius 1 is 1.29 bits per heavy atom. The molecule has 0 saturated heterocycles. The summed E-state index contributed by atoms with van der Waals surface area (Å²) in [6, 6.07) is 3.57. The Hall–Kier alpha value is -3.08. The first-order valence-electron chi connectivity index (χ1n) is 6.71. The Morgan fingerprint density at radius 2 is 2.04 bits per heavy atom. The molecule has 1 amide bonds. The molecule has 0 aromatic carbocycles. The minimum Gasteiger partial charge on any atom is -0.364 e. The number of pyridine rings is 1. The molecule has 0 spiro atoms. The van der Waals surface area contributed by atoms with Gasteiger partial charge in [0.2, 0.25) is 0 Å². The summed E-state index contributed by atoms with van der Waals surface area (Å²) < 4.78 is 24.7. The number of aromatic nitrogens is 5. The highest BCUT2D eigenvalue weighted by molar-refractivity contribution is 7.89. The Morgan fingerprint density at radius 3 is 2.67 bits per heavy atom. The first-order chi connectivity index (χ1) is 11.3. The first-order valence-corrected chi connectivity index (χ1v) is 8.56. The van der Waals surface area contributed by atoms with E-state index in [1.807, 2.05) is 13.0 Å². The molecule has 124 valence electrons. The van der Waals surface area contributed by atoms with Gasteiger partial charge in [0.05, 0.1) is 6.26 Å². The second kappa shape index (κ2) is 5.53. The maximum atomic E-state index is 12.0. The summed E-state index contributed by atoms with van der Waals surface area (Å²) in [5, 5.41) is 6.68. The fourth-order valence-corrected chi connectivity index (χ4v) is 2.88. The molecular weight excluding hydrogens is 334 g/mol. The van der Waals surface area contributed by atoms with E-state index in [0.29, 0.717) is 9.90 Å². The Kier molecular flexibility index (Phi) is 3.64. The zero-order valence-corrected chi connectivity index (χ0v) is 13.6. The van der Waals surface area contributed by atoms with Gasteiger partial charge in [0, 0.05) is 6.20 Å². The van der Waals surface area contributed by atoms with Crippen LogP contribution in [0.4, 0.5) is 11.6 Å². The van der Waals surface area contributed by atoms with Crippen LogP contribution in [0.3, 0.4) is 0 Å². The van der Waals surface area contributed by atoms with Gasteiger partial charge in [-0.2, -0.15) is 4.09 Å². The number of aryl methyl sites for hydroxylation is 1. The van der Waals surface area contributed by atoms with Crippen LogP contribution in [0.15, 0.2) is 24.7 Å². The van der Waals surface area contributed by atoms with E-state index in [1.54, 1.807) is 12.3 Å².